The van der Waals surface area contributed by atoms with Crippen molar-refractivity contribution in [1.82, 2.24) is 10.6 Å². The van der Waals surface area contributed by atoms with Crippen LogP contribution in [0.2, 0.25) is 0 Å². The van der Waals surface area contributed by atoms with Gasteiger partial charge in [-0.1, -0.05) is 6.08 Å². The van der Waals surface area contributed by atoms with Gasteiger partial charge in [0.2, 0.25) is 11.8 Å². The van der Waals surface area contributed by atoms with Crippen LogP contribution >= 0.6 is 0 Å². The molecule has 0 spiro atoms. The number of carbonyl (C=O) groups excluding carboxylic acids is 2. The zero-order valence-electron chi connectivity index (χ0n) is 8.26. The first-order valence-corrected chi connectivity index (χ1v) is 4.21. The molecule has 0 bridgehead atoms. The lowest BCUT2D eigenvalue weighted by Gasteiger charge is -2.08. The van der Waals surface area contributed by atoms with Crippen LogP contribution in [0.5, 0.6) is 0 Å². The minimum atomic E-state index is -0.130. The number of amides is 2. The van der Waals surface area contributed by atoms with Gasteiger partial charge >= 0.3 is 0 Å². The van der Waals surface area contributed by atoms with Gasteiger partial charge < -0.3 is 10.6 Å². The molecule has 0 aromatic rings. The summed E-state index contributed by atoms with van der Waals surface area (Å²) in [6.45, 7) is 3.36. The second kappa shape index (κ2) is 6.22. The van der Waals surface area contributed by atoms with E-state index in [4.69, 9.17) is 0 Å². The van der Waals surface area contributed by atoms with Crippen LogP contribution in [-0.4, -0.2) is 24.9 Å². The van der Waals surface area contributed by atoms with Crippen LogP contribution in [-0.2, 0) is 9.59 Å². The van der Waals surface area contributed by atoms with Crippen molar-refractivity contribution in [3.63, 3.8) is 0 Å². The minimum absolute atomic E-state index is 0.0548. The standard InChI is InChI=1S/C9H16N2O2/c1-7(11-8(2)12)5-4-6-9(13)10-3/h4,6-7H,5H2,1-3H3,(H,10,13)(H,11,12)/b6-4+. The van der Waals surface area contributed by atoms with Gasteiger partial charge in [0, 0.05) is 20.0 Å². The van der Waals surface area contributed by atoms with Crippen molar-refractivity contribution in [2.75, 3.05) is 7.05 Å². The van der Waals surface area contributed by atoms with E-state index in [2.05, 4.69) is 10.6 Å². The van der Waals surface area contributed by atoms with Gasteiger partial charge in [-0.2, -0.15) is 0 Å². The Bertz CT molecular complexity index is 212. The summed E-state index contributed by atoms with van der Waals surface area (Å²) in [5.74, 6) is -0.184. The lowest BCUT2D eigenvalue weighted by Crippen LogP contribution is -2.29. The fraction of sp³-hybridized carbons (Fsp3) is 0.556. The van der Waals surface area contributed by atoms with E-state index >= 15 is 0 Å². The molecule has 1 atom stereocenters. The molecule has 4 heteroatoms. The van der Waals surface area contributed by atoms with Gasteiger partial charge in [0.25, 0.3) is 0 Å². The summed E-state index contributed by atoms with van der Waals surface area (Å²) in [4.78, 5) is 21.3. The summed E-state index contributed by atoms with van der Waals surface area (Å²) in [6, 6.07) is 0.0680. The number of hydrogen-bond acceptors (Lipinski definition) is 2. The highest BCUT2D eigenvalue weighted by atomic mass is 16.2. The molecule has 2 N–H and O–H groups in total. The summed E-state index contributed by atoms with van der Waals surface area (Å²) in [6.07, 6.45) is 3.85. The summed E-state index contributed by atoms with van der Waals surface area (Å²) in [5, 5.41) is 5.18. The molecule has 0 saturated carbocycles. The smallest absolute Gasteiger partial charge is 0.243 e. The molecule has 0 aliphatic carbocycles. The third kappa shape index (κ3) is 7.05. The Morgan fingerprint density at radius 1 is 1.46 bits per heavy atom. The highest BCUT2D eigenvalue weighted by Gasteiger charge is 1.99. The Hall–Kier alpha value is -1.32. The van der Waals surface area contributed by atoms with E-state index in [0.717, 1.165) is 0 Å². The number of rotatable bonds is 4. The van der Waals surface area contributed by atoms with Crippen molar-refractivity contribution in [2.24, 2.45) is 0 Å². The van der Waals surface area contributed by atoms with Gasteiger partial charge in [-0.05, 0) is 19.4 Å². The van der Waals surface area contributed by atoms with Crippen molar-refractivity contribution in [2.45, 2.75) is 26.3 Å². The van der Waals surface area contributed by atoms with Crippen LogP contribution in [0.15, 0.2) is 12.2 Å². The van der Waals surface area contributed by atoms with Crippen molar-refractivity contribution >= 4 is 11.8 Å². The highest BCUT2D eigenvalue weighted by molar-refractivity contribution is 5.87. The summed E-state index contributed by atoms with van der Waals surface area (Å²) in [7, 11) is 1.57. The normalized spacial score (nSPS) is 12.5. The van der Waals surface area contributed by atoms with E-state index in [0.29, 0.717) is 6.42 Å². The molecule has 0 fully saturated rings. The second-order valence-electron chi connectivity index (χ2n) is 2.85. The van der Waals surface area contributed by atoms with Crippen LogP contribution in [0, 0.1) is 0 Å². The van der Waals surface area contributed by atoms with Gasteiger partial charge in [-0.25, -0.2) is 0 Å². The van der Waals surface area contributed by atoms with E-state index < -0.39 is 0 Å². The molecule has 1 unspecified atom stereocenters. The molecular weight excluding hydrogens is 168 g/mol. The molecule has 0 heterocycles. The maximum Gasteiger partial charge on any atom is 0.243 e. The second-order valence-corrected chi connectivity index (χ2v) is 2.85. The summed E-state index contributed by atoms with van der Waals surface area (Å²) >= 11 is 0. The Kier molecular flexibility index (Phi) is 5.59. The zero-order chi connectivity index (χ0) is 10.3. The Labute approximate surface area is 78.4 Å². The van der Waals surface area contributed by atoms with E-state index in [-0.39, 0.29) is 17.9 Å². The number of carbonyl (C=O) groups is 2. The fourth-order valence-corrected chi connectivity index (χ4v) is 0.868. The molecule has 2 amide bonds. The molecule has 0 rings (SSSR count). The molecule has 0 aromatic carbocycles. The van der Waals surface area contributed by atoms with E-state index in [1.54, 1.807) is 13.1 Å². The van der Waals surface area contributed by atoms with Gasteiger partial charge in [-0.15, -0.1) is 0 Å². The van der Waals surface area contributed by atoms with Gasteiger partial charge in [0.1, 0.15) is 0 Å². The summed E-state index contributed by atoms with van der Waals surface area (Å²) in [5.41, 5.74) is 0. The van der Waals surface area contributed by atoms with Crippen LogP contribution in [0.4, 0.5) is 0 Å². The lowest BCUT2D eigenvalue weighted by atomic mass is 10.2. The SMILES string of the molecule is CNC(=O)/C=C/CC(C)NC(C)=O. The Morgan fingerprint density at radius 3 is 2.54 bits per heavy atom. The monoisotopic (exact) mass is 184 g/mol. The van der Waals surface area contributed by atoms with Crippen molar-refractivity contribution < 1.29 is 9.59 Å². The molecular formula is C9H16N2O2. The van der Waals surface area contributed by atoms with E-state index in [9.17, 15) is 9.59 Å². The van der Waals surface area contributed by atoms with Gasteiger partial charge in [0.15, 0.2) is 0 Å². The molecule has 0 aliphatic rings. The van der Waals surface area contributed by atoms with Crippen LogP contribution in [0.1, 0.15) is 20.3 Å². The largest absolute Gasteiger partial charge is 0.356 e. The first kappa shape index (κ1) is 11.7. The minimum Gasteiger partial charge on any atom is -0.356 e. The lowest BCUT2D eigenvalue weighted by molar-refractivity contribution is -0.119. The van der Waals surface area contributed by atoms with Crippen LogP contribution in [0.3, 0.4) is 0 Å². The third-order valence-electron chi connectivity index (χ3n) is 1.45. The van der Waals surface area contributed by atoms with Crippen molar-refractivity contribution in [3.05, 3.63) is 12.2 Å². The average Bonchev–Trinajstić information content (AvgIpc) is 2.02. The molecule has 0 saturated heterocycles. The topological polar surface area (TPSA) is 58.2 Å². The Balaban J connectivity index is 3.68. The molecule has 0 aromatic heterocycles. The quantitative estimate of drug-likeness (QED) is 0.613. The number of nitrogens with one attached hydrogen (secondary N) is 2. The Morgan fingerprint density at radius 2 is 2.08 bits per heavy atom. The van der Waals surface area contributed by atoms with Crippen LogP contribution in [0.25, 0.3) is 0 Å². The predicted octanol–water partition coefficient (Wildman–Crippen LogP) is 0.203. The zero-order valence-corrected chi connectivity index (χ0v) is 8.26. The number of hydrogen-bond donors (Lipinski definition) is 2. The molecule has 74 valence electrons. The molecule has 0 aliphatic heterocycles. The van der Waals surface area contributed by atoms with Crippen LogP contribution < -0.4 is 10.6 Å². The van der Waals surface area contributed by atoms with Gasteiger partial charge in [0.05, 0.1) is 0 Å². The molecule has 4 nitrogen and oxygen atoms in total. The highest BCUT2D eigenvalue weighted by Crippen LogP contribution is 1.91. The predicted molar refractivity (Wildman–Crippen MR) is 51.1 cm³/mol. The maximum absolute atomic E-state index is 10.7. The fourth-order valence-electron chi connectivity index (χ4n) is 0.868. The first-order chi connectivity index (χ1) is 6.06. The number of likely N-dealkylation sites (N-methyl/N-ethyl adjacent to an activating group) is 1. The van der Waals surface area contributed by atoms with E-state index in [1.165, 1.54) is 13.0 Å². The third-order valence-corrected chi connectivity index (χ3v) is 1.45. The molecule has 0 radical (unpaired) electrons. The summed E-state index contributed by atoms with van der Waals surface area (Å²) < 4.78 is 0. The van der Waals surface area contributed by atoms with Crippen molar-refractivity contribution in [1.29, 1.82) is 0 Å². The first-order valence-electron chi connectivity index (χ1n) is 4.21. The van der Waals surface area contributed by atoms with Gasteiger partial charge in [-0.3, -0.25) is 9.59 Å². The molecule has 13 heavy (non-hydrogen) atoms. The van der Waals surface area contributed by atoms with Crippen molar-refractivity contribution in [3.8, 4) is 0 Å². The average molecular weight is 184 g/mol. The van der Waals surface area contributed by atoms with E-state index in [1.807, 2.05) is 6.92 Å². The maximum atomic E-state index is 10.7.